The normalized spacial score (nSPS) is 11.3. The Bertz CT molecular complexity index is 1500. The molecule has 9 nitrogen and oxygen atoms in total. The molecule has 4 heterocycles. The van der Waals surface area contributed by atoms with Crippen molar-refractivity contribution >= 4 is 44.9 Å². The van der Waals surface area contributed by atoms with Gasteiger partial charge in [0.1, 0.15) is 11.5 Å². The summed E-state index contributed by atoms with van der Waals surface area (Å²) in [6.45, 7) is 2.84. The first-order chi connectivity index (χ1) is 16.4. The van der Waals surface area contributed by atoms with Gasteiger partial charge in [-0.25, -0.2) is 13.9 Å². The molecule has 0 radical (unpaired) electrons. The van der Waals surface area contributed by atoms with Crippen LogP contribution < -0.4 is 5.32 Å². The maximum absolute atomic E-state index is 14.1. The number of carbonyl (C=O) groups is 1. The maximum atomic E-state index is 14.1. The Hall–Kier alpha value is -3.57. The molecule has 5 aromatic rings. The third kappa shape index (κ3) is 4.19. The van der Waals surface area contributed by atoms with Gasteiger partial charge in [0.05, 0.1) is 16.7 Å². The molecule has 0 aliphatic carbocycles. The topological polar surface area (TPSA) is 94.9 Å². The Morgan fingerprint density at radius 3 is 2.79 bits per heavy atom. The Labute approximate surface area is 206 Å². The van der Waals surface area contributed by atoms with Crippen LogP contribution in [0.4, 0.5) is 10.2 Å². The lowest BCUT2D eigenvalue weighted by molar-refractivity contribution is 0.102. The van der Waals surface area contributed by atoms with Crippen LogP contribution in [0.3, 0.4) is 0 Å². The van der Waals surface area contributed by atoms with E-state index in [4.69, 9.17) is 11.6 Å². The molecule has 0 aliphatic rings. The van der Waals surface area contributed by atoms with Gasteiger partial charge in [-0.3, -0.25) is 14.2 Å². The van der Waals surface area contributed by atoms with Crippen LogP contribution in [0, 0.1) is 5.82 Å². The monoisotopic (exact) mass is 542 g/mol. The molecule has 0 aliphatic heterocycles. The van der Waals surface area contributed by atoms with Gasteiger partial charge in [0.15, 0.2) is 17.2 Å². The highest BCUT2D eigenvalue weighted by Crippen LogP contribution is 2.27. The fourth-order valence-corrected chi connectivity index (χ4v) is 4.20. The van der Waals surface area contributed by atoms with Gasteiger partial charge in [-0.15, -0.1) is 0 Å². The zero-order valence-electron chi connectivity index (χ0n) is 17.8. The number of hydrogen-bond donors (Lipinski definition) is 1. The standard InChI is InChI=1S/C22H17BrClFN8O/c1-2-31-12-14(23)21(30-31)18-6-8-26-20-10-17(28-33(18)20)22(34)27-19-7-9-32(29-19)11-13-15(24)4-3-5-16(13)25/h3-10,12H,2,11H2,1H3,(H,27,29,34). The van der Waals surface area contributed by atoms with Crippen molar-refractivity contribution in [2.75, 3.05) is 5.32 Å². The van der Waals surface area contributed by atoms with Gasteiger partial charge in [0, 0.05) is 47.9 Å². The summed E-state index contributed by atoms with van der Waals surface area (Å²) < 4.78 is 19.7. The molecule has 1 amide bonds. The number of fused-ring (bicyclic) bond motifs is 1. The number of halogens is 3. The molecule has 34 heavy (non-hydrogen) atoms. The average Bonchev–Trinajstić information content (AvgIpc) is 3.54. The summed E-state index contributed by atoms with van der Waals surface area (Å²) in [5.41, 5.74) is 2.36. The van der Waals surface area contributed by atoms with Gasteiger partial charge in [0.2, 0.25) is 0 Å². The zero-order valence-corrected chi connectivity index (χ0v) is 20.1. The van der Waals surface area contributed by atoms with Crippen LogP contribution in [0.5, 0.6) is 0 Å². The summed E-state index contributed by atoms with van der Waals surface area (Å²) in [6, 6.07) is 9.47. The van der Waals surface area contributed by atoms with E-state index in [2.05, 4.69) is 41.5 Å². The van der Waals surface area contributed by atoms with Crippen LogP contribution in [0.25, 0.3) is 17.0 Å². The largest absolute Gasteiger partial charge is 0.304 e. The van der Waals surface area contributed by atoms with E-state index in [-0.39, 0.29) is 12.2 Å². The van der Waals surface area contributed by atoms with Gasteiger partial charge in [-0.1, -0.05) is 17.7 Å². The predicted octanol–water partition coefficient (Wildman–Crippen LogP) is 4.66. The smallest absolute Gasteiger partial charge is 0.277 e. The summed E-state index contributed by atoms with van der Waals surface area (Å²) >= 11 is 9.62. The number of aryl methyl sites for hydroxylation is 1. The first kappa shape index (κ1) is 22.2. The van der Waals surface area contributed by atoms with E-state index in [1.807, 2.05) is 13.1 Å². The molecule has 12 heteroatoms. The highest BCUT2D eigenvalue weighted by molar-refractivity contribution is 9.10. The fraction of sp³-hybridized carbons (Fsp3) is 0.136. The number of nitrogens with one attached hydrogen (secondary N) is 1. The predicted molar refractivity (Wildman–Crippen MR) is 128 cm³/mol. The highest BCUT2D eigenvalue weighted by atomic mass is 79.9. The van der Waals surface area contributed by atoms with Crippen molar-refractivity contribution in [2.45, 2.75) is 20.0 Å². The van der Waals surface area contributed by atoms with Crippen LogP contribution in [-0.2, 0) is 13.1 Å². The van der Waals surface area contributed by atoms with Crippen molar-refractivity contribution in [3.63, 3.8) is 0 Å². The summed E-state index contributed by atoms with van der Waals surface area (Å²) in [5.74, 6) is -0.576. The van der Waals surface area contributed by atoms with Crippen molar-refractivity contribution in [1.82, 2.24) is 34.2 Å². The third-order valence-corrected chi connectivity index (χ3v) is 6.07. The maximum Gasteiger partial charge on any atom is 0.277 e. The number of anilines is 1. The van der Waals surface area contributed by atoms with Crippen LogP contribution in [0.15, 0.2) is 59.5 Å². The summed E-state index contributed by atoms with van der Waals surface area (Å²) in [4.78, 5) is 17.2. The van der Waals surface area contributed by atoms with E-state index in [1.165, 1.54) is 10.7 Å². The van der Waals surface area contributed by atoms with Crippen molar-refractivity contribution in [3.8, 4) is 11.4 Å². The Morgan fingerprint density at radius 1 is 1.18 bits per heavy atom. The van der Waals surface area contributed by atoms with Crippen LogP contribution in [-0.4, -0.2) is 40.1 Å². The molecule has 5 rings (SSSR count). The van der Waals surface area contributed by atoms with E-state index in [0.717, 1.165) is 11.0 Å². The van der Waals surface area contributed by atoms with E-state index < -0.39 is 11.7 Å². The van der Waals surface area contributed by atoms with Gasteiger partial charge >= 0.3 is 0 Å². The number of carbonyl (C=O) groups excluding carboxylic acids is 1. The Balaban J connectivity index is 1.38. The number of benzene rings is 1. The lowest BCUT2D eigenvalue weighted by atomic mass is 10.2. The summed E-state index contributed by atoms with van der Waals surface area (Å²) in [7, 11) is 0. The molecule has 1 N–H and O–H groups in total. The molecule has 0 bridgehead atoms. The molecular formula is C22H17BrClFN8O. The molecular weight excluding hydrogens is 527 g/mol. The third-order valence-electron chi connectivity index (χ3n) is 5.14. The van der Waals surface area contributed by atoms with Crippen molar-refractivity contribution in [2.24, 2.45) is 0 Å². The first-order valence-corrected chi connectivity index (χ1v) is 11.5. The molecule has 0 spiro atoms. The van der Waals surface area contributed by atoms with Gasteiger partial charge in [0.25, 0.3) is 5.91 Å². The summed E-state index contributed by atoms with van der Waals surface area (Å²) in [5, 5.41) is 16.3. The average molecular weight is 544 g/mol. The second-order valence-electron chi connectivity index (χ2n) is 7.36. The zero-order chi connectivity index (χ0) is 23.8. The molecule has 172 valence electrons. The highest BCUT2D eigenvalue weighted by Gasteiger charge is 2.18. The molecule has 0 fully saturated rings. The molecule has 0 unspecified atom stereocenters. The molecule has 0 saturated carbocycles. The van der Waals surface area contributed by atoms with Gasteiger partial charge < -0.3 is 5.32 Å². The van der Waals surface area contributed by atoms with Gasteiger partial charge in [-0.05, 0) is 41.1 Å². The lowest BCUT2D eigenvalue weighted by Gasteiger charge is -2.06. The van der Waals surface area contributed by atoms with E-state index >= 15 is 0 Å². The van der Waals surface area contributed by atoms with Crippen LogP contribution >= 0.6 is 27.5 Å². The minimum absolute atomic E-state index is 0.127. The van der Waals surface area contributed by atoms with Crippen molar-refractivity contribution < 1.29 is 9.18 Å². The number of aromatic nitrogens is 7. The molecule has 0 saturated heterocycles. The lowest BCUT2D eigenvalue weighted by Crippen LogP contribution is -2.14. The van der Waals surface area contributed by atoms with Crippen LogP contribution in [0.1, 0.15) is 23.0 Å². The SMILES string of the molecule is CCn1cc(Br)c(-c2ccnc3cc(C(=O)Nc4ccn(Cc5c(F)cccc5Cl)n4)nn23)n1. The minimum Gasteiger partial charge on any atom is -0.304 e. The van der Waals surface area contributed by atoms with Crippen molar-refractivity contribution in [1.29, 1.82) is 0 Å². The Morgan fingerprint density at radius 2 is 2.03 bits per heavy atom. The van der Waals surface area contributed by atoms with Crippen LogP contribution in [0.2, 0.25) is 5.02 Å². The minimum atomic E-state index is -0.455. The second-order valence-corrected chi connectivity index (χ2v) is 8.63. The summed E-state index contributed by atoms with van der Waals surface area (Å²) in [6.07, 6.45) is 5.15. The first-order valence-electron chi connectivity index (χ1n) is 10.3. The van der Waals surface area contributed by atoms with E-state index in [0.29, 0.717) is 33.4 Å². The quantitative estimate of drug-likeness (QED) is 0.336. The molecule has 4 aromatic heterocycles. The number of nitrogens with zero attached hydrogens (tertiary/aromatic N) is 7. The fourth-order valence-electron chi connectivity index (χ4n) is 3.46. The number of amides is 1. The molecule has 0 atom stereocenters. The van der Waals surface area contributed by atoms with E-state index in [1.54, 1.807) is 51.9 Å². The van der Waals surface area contributed by atoms with Crippen molar-refractivity contribution in [3.05, 3.63) is 81.6 Å². The molecule has 1 aromatic carbocycles. The van der Waals surface area contributed by atoms with E-state index in [9.17, 15) is 9.18 Å². The second kappa shape index (κ2) is 8.99. The Kier molecular flexibility index (Phi) is 5.88. The number of hydrogen-bond acceptors (Lipinski definition) is 5. The number of rotatable bonds is 6. The van der Waals surface area contributed by atoms with Gasteiger partial charge in [-0.2, -0.15) is 15.3 Å².